The third-order valence-corrected chi connectivity index (χ3v) is 9.25. The minimum absolute atomic E-state index is 0.0481. The zero-order chi connectivity index (χ0) is 25.6. The third-order valence-electron chi connectivity index (χ3n) is 7.97. The molecule has 2 aromatic heterocycles. The summed E-state index contributed by atoms with van der Waals surface area (Å²) >= 11 is 1.83. The van der Waals surface area contributed by atoms with E-state index in [9.17, 15) is 4.79 Å². The first kappa shape index (κ1) is 24.1. The van der Waals surface area contributed by atoms with Crippen LogP contribution in [0.2, 0.25) is 0 Å². The van der Waals surface area contributed by atoms with Gasteiger partial charge < -0.3 is 10.1 Å². The lowest BCUT2D eigenvalue weighted by Gasteiger charge is -2.37. The van der Waals surface area contributed by atoms with Crippen LogP contribution in [0.15, 0.2) is 60.8 Å². The van der Waals surface area contributed by atoms with Crippen molar-refractivity contribution in [3.05, 3.63) is 82.4 Å². The Morgan fingerprint density at radius 2 is 2.05 bits per heavy atom. The summed E-state index contributed by atoms with van der Waals surface area (Å²) in [5.74, 6) is 0.704. The van der Waals surface area contributed by atoms with Gasteiger partial charge in [-0.2, -0.15) is 0 Å². The van der Waals surface area contributed by atoms with E-state index in [2.05, 4.69) is 59.5 Å². The molecule has 0 spiro atoms. The van der Waals surface area contributed by atoms with Gasteiger partial charge in [-0.1, -0.05) is 19.1 Å². The van der Waals surface area contributed by atoms with Crippen LogP contribution in [0.3, 0.4) is 0 Å². The zero-order valence-corrected chi connectivity index (χ0v) is 22.5. The first-order chi connectivity index (χ1) is 18.0. The van der Waals surface area contributed by atoms with Gasteiger partial charge in [-0.25, -0.2) is 0 Å². The summed E-state index contributed by atoms with van der Waals surface area (Å²) in [6.07, 6.45) is 5.87. The number of aromatic nitrogens is 1. The van der Waals surface area contributed by atoms with Crippen molar-refractivity contribution in [2.45, 2.75) is 51.1 Å². The molecule has 2 aliphatic rings. The predicted molar refractivity (Wildman–Crippen MR) is 151 cm³/mol. The van der Waals surface area contributed by atoms with Crippen LogP contribution in [0.25, 0.3) is 21.3 Å². The lowest BCUT2D eigenvalue weighted by atomic mass is 9.95. The minimum atomic E-state index is -0.378. The largest absolute Gasteiger partial charge is 0.492 e. The molecule has 1 saturated carbocycles. The number of likely N-dealkylation sites (N-methyl/N-ethyl adjacent to an activating group) is 1. The molecule has 2 aromatic carbocycles. The number of hydrogen-bond donors (Lipinski definition) is 1. The molecule has 1 N–H and O–H groups in total. The number of nitrogens with one attached hydrogen (secondary N) is 1. The number of carbonyl (C=O) groups is 1. The lowest BCUT2D eigenvalue weighted by Crippen LogP contribution is -2.48. The molecule has 190 valence electrons. The van der Waals surface area contributed by atoms with Crippen LogP contribution in [0.5, 0.6) is 5.75 Å². The van der Waals surface area contributed by atoms with Crippen molar-refractivity contribution in [2.75, 3.05) is 20.2 Å². The fourth-order valence-electron chi connectivity index (χ4n) is 5.22. The zero-order valence-electron chi connectivity index (χ0n) is 21.7. The molecule has 1 atom stereocenters. The number of fused-ring (bicyclic) bond motifs is 1. The molecule has 3 heterocycles. The second kappa shape index (κ2) is 9.58. The number of rotatable bonds is 8. The van der Waals surface area contributed by atoms with Crippen LogP contribution in [0.4, 0.5) is 0 Å². The smallest absolute Gasteiger partial charge is 0.252 e. The summed E-state index contributed by atoms with van der Waals surface area (Å²) in [7, 11) is 2.12. The highest BCUT2D eigenvalue weighted by atomic mass is 32.1. The van der Waals surface area contributed by atoms with E-state index in [0.717, 1.165) is 60.0 Å². The molecule has 6 rings (SSSR count). The number of ether oxygens (including phenoxy) is 1. The highest BCUT2D eigenvalue weighted by Gasteiger charge is 2.47. The van der Waals surface area contributed by atoms with Gasteiger partial charge in [0.15, 0.2) is 0 Å². The Labute approximate surface area is 222 Å². The predicted octanol–water partition coefficient (Wildman–Crippen LogP) is 6.34. The van der Waals surface area contributed by atoms with Gasteiger partial charge >= 0.3 is 0 Å². The van der Waals surface area contributed by atoms with E-state index in [4.69, 9.17) is 4.74 Å². The maximum absolute atomic E-state index is 13.6. The van der Waals surface area contributed by atoms with E-state index in [-0.39, 0.29) is 11.4 Å². The van der Waals surface area contributed by atoms with Gasteiger partial charge in [-0.3, -0.25) is 14.7 Å². The molecule has 1 amide bonds. The topological polar surface area (TPSA) is 54.5 Å². The van der Waals surface area contributed by atoms with Gasteiger partial charge in [0.1, 0.15) is 12.4 Å². The number of aryl methyl sites for hydroxylation is 2. The number of amides is 1. The van der Waals surface area contributed by atoms with Gasteiger partial charge in [0, 0.05) is 32.9 Å². The van der Waals surface area contributed by atoms with Crippen molar-refractivity contribution in [1.82, 2.24) is 15.2 Å². The summed E-state index contributed by atoms with van der Waals surface area (Å²) < 4.78 is 6.06. The molecular formula is C31H33N3O2S. The number of nitrogens with zero attached hydrogens (tertiary/aromatic N) is 2. The second-order valence-electron chi connectivity index (χ2n) is 10.5. The quantitative estimate of drug-likeness (QED) is 0.300. The van der Waals surface area contributed by atoms with Crippen molar-refractivity contribution >= 4 is 28.1 Å². The highest BCUT2D eigenvalue weighted by Crippen LogP contribution is 2.49. The number of pyridine rings is 1. The van der Waals surface area contributed by atoms with Crippen LogP contribution in [0, 0.1) is 6.92 Å². The van der Waals surface area contributed by atoms with Crippen molar-refractivity contribution < 1.29 is 9.53 Å². The molecule has 1 aliphatic carbocycles. The maximum Gasteiger partial charge on any atom is 0.252 e. The average Bonchev–Trinajstić information content (AvgIpc) is 3.52. The van der Waals surface area contributed by atoms with E-state index in [1.165, 1.54) is 15.3 Å². The molecule has 4 aromatic rings. The Morgan fingerprint density at radius 1 is 1.19 bits per heavy atom. The van der Waals surface area contributed by atoms with E-state index in [1.54, 1.807) is 0 Å². The number of benzene rings is 2. The third kappa shape index (κ3) is 4.64. The minimum Gasteiger partial charge on any atom is -0.492 e. The van der Waals surface area contributed by atoms with E-state index in [1.807, 2.05) is 48.7 Å². The second-order valence-corrected chi connectivity index (χ2v) is 11.6. The standard InChI is InChI=1S/C31H33N3O2S/c1-4-24-9-10-29(37-24)21-16-27(25-6-5-14-32-28(25)17-21)31(12-13-31)33-30(35)26-18-23(8-7-20(26)2)36-19-22-11-15-34(22)3/h5-10,14,16-18,22H,4,11-13,15,19H2,1-3H3,(H,33,35)/t22-/m0/s1. The highest BCUT2D eigenvalue weighted by molar-refractivity contribution is 7.15. The average molecular weight is 512 g/mol. The Balaban J connectivity index is 1.30. The van der Waals surface area contributed by atoms with Crippen LogP contribution in [-0.2, 0) is 12.0 Å². The van der Waals surface area contributed by atoms with E-state index >= 15 is 0 Å². The molecule has 1 saturated heterocycles. The molecule has 2 fully saturated rings. The van der Waals surface area contributed by atoms with Gasteiger partial charge in [0.05, 0.1) is 11.1 Å². The van der Waals surface area contributed by atoms with Crippen molar-refractivity contribution in [3.8, 4) is 16.2 Å². The Morgan fingerprint density at radius 3 is 2.76 bits per heavy atom. The van der Waals surface area contributed by atoms with Crippen LogP contribution >= 0.6 is 11.3 Å². The van der Waals surface area contributed by atoms with Gasteiger partial charge in [-0.15, -0.1) is 11.3 Å². The van der Waals surface area contributed by atoms with Crippen LogP contribution in [0.1, 0.15) is 52.5 Å². The van der Waals surface area contributed by atoms with Crippen LogP contribution < -0.4 is 10.1 Å². The summed E-state index contributed by atoms with van der Waals surface area (Å²) in [4.78, 5) is 23.2. The summed E-state index contributed by atoms with van der Waals surface area (Å²) in [6, 6.07) is 19.3. The molecule has 0 bridgehead atoms. The van der Waals surface area contributed by atoms with Crippen molar-refractivity contribution in [1.29, 1.82) is 0 Å². The normalized spacial score (nSPS) is 18.4. The summed E-state index contributed by atoms with van der Waals surface area (Å²) in [5, 5.41) is 4.53. The van der Waals surface area contributed by atoms with E-state index < -0.39 is 0 Å². The Hall–Kier alpha value is -3.22. The van der Waals surface area contributed by atoms with Crippen molar-refractivity contribution in [3.63, 3.8) is 0 Å². The van der Waals surface area contributed by atoms with Gasteiger partial charge in [0.25, 0.3) is 5.91 Å². The molecule has 37 heavy (non-hydrogen) atoms. The lowest BCUT2D eigenvalue weighted by molar-refractivity contribution is 0.0767. The monoisotopic (exact) mass is 511 g/mol. The summed E-state index contributed by atoms with van der Waals surface area (Å²) in [6.45, 7) is 5.94. The number of thiophene rings is 1. The fraction of sp³-hybridized carbons (Fsp3) is 0.355. The SMILES string of the molecule is CCc1ccc(-c2cc(C3(NC(=O)c4cc(OC[C@@H]5CCN5C)ccc4C)CC3)c3cccnc3c2)s1. The van der Waals surface area contributed by atoms with Gasteiger partial charge in [0.2, 0.25) is 0 Å². The molecule has 0 radical (unpaired) electrons. The first-order valence-corrected chi connectivity index (χ1v) is 14.0. The fourth-order valence-corrected chi connectivity index (χ4v) is 6.16. The number of likely N-dealkylation sites (tertiary alicyclic amines) is 1. The maximum atomic E-state index is 13.6. The molecular weight excluding hydrogens is 478 g/mol. The van der Waals surface area contributed by atoms with Gasteiger partial charge in [-0.05, 0) is 105 Å². The van der Waals surface area contributed by atoms with E-state index in [0.29, 0.717) is 18.2 Å². The molecule has 1 aliphatic heterocycles. The van der Waals surface area contributed by atoms with Crippen LogP contribution in [-0.4, -0.2) is 42.0 Å². The summed E-state index contributed by atoms with van der Waals surface area (Å²) in [5.41, 5.74) is 4.54. The Kier molecular flexibility index (Phi) is 6.25. The molecule has 0 unspecified atom stereocenters. The Bertz CT molecular complexity index is 1470. The molecule has 6 heteroatoms. The number of hydrogen-bond acceptors (Lipinski definition) is 5. The first-order valence-electron chi connectivity index (χ1n) is 13.2. The molecule has 5 nitrogen and oxygen atoms in total. The number of carbonyl (C=O) groups excluding carboxylic acids is 1. The van der Waals surface area contributed by atoms with Crippen molar-refractivity contribution in [2.24, 2.45) is 0 Å².